The molecule has 0 aliphatic rings. The molecule has 1 nitrogen and oxygen atoms in total. The molecular weight excluding hydrogens is 134 g/mol. The Morgan fingerprint density at radius 3 is 2.00 bits per heavy atom. The summed E-state index contributed by atoms with van der Waals surface area (Å²) in [5, 5.41) is 0. The van der Waals surface area contributed by atoms with E-state index in [1.165, 1.54) is 16.7 Å². The molecule has 1 rings (SSSR count). The van der Waals surface area contributed by atoms with Crippen LogP contribution >= 0.6 is 0 Å². The summed E-state index contributed by atoms with van der Waals surface area (Å²) >= 11 is 0. The molecule has 0 unspecified atom stereocenters. The first-order valence-corrected chi connectivity index (χ1v) is 4.10. The van der Waals surface area contributed by atoms with Gasteiger partial charge in [0.15, 0.2) is 12.4 Å². The third-order valence-electron chi connectivity index (χ3n) is 2.10. The molecule has 1 aromatic heterocycles. The van der Waals surface area contributed by atoms with E-state index in [-0.39, 0.29) is 0 Å². The van der Waals surface area contributed by atoms with E-state index in [2.05, 4.69) is 44.8 Å². The van der Waals surface area contributed by atoms with Crippen molar-refractivity contribution in [3.8, 4) is 0 Å². The molecule has 11 heavy (non-hydrogen) atoms. The van der Waals surface area contributed by atoms with Crippen LogP contribution in [-0.4, -0.2) is 0 Å². The van der Waals surface area contributed by atoms with E-state index in [1.54, 1.807) is 0 Å². The van der Waals surface area contributed by atoms with Crippen molar-refractivity contribution in [2.75, 3.05) is 0 Å². The van der Waals surface area contributed by atoms with Gasteiger partial charge in [0.1, 0.15) is 7.05 Å². The minimum Gasteiger partial charge on any atom is -0.207 e. The molecule has 0 saturated heterocycles. The maximum atomic E-state index is 2.20. The summed E-state index contributed by atoms with van der Waals surface area (Å²) in [5.41, 5.74) is 4.29. The van der Waals surface area contributed by atoms with Crippen LogP contribution < -0.4 is 4.57 Å². The Labute approximate surface area is 68.7 Å². The van der Waals surface area contributed by atoms with Crippen molar-refractivity contribution in [2.45, 2.75) is 27.2 Å². The molecular formula is C10H16N+. The SMILES string of the molecule is CCc1c(C)c[n+](C)cc1C. The van der Waals surface area contributed by atoms with Crippen LogP contribution in [-0.2, 0) is 13.5 Å². The van der Waals surface area contributed by atoms with Gasteiger partial charge < -0.3 is 0 Å². The fourth-order valence-electron chi connectivity index (χ4n) is 1.67. The van der Waals surface area contributed by atoms with Crippen LogP contribution in [0.15, 0.2) is 12.4 Å². The molecule has 1 heterocycles. The van der Waals surface area contributed by atoms with Gasteiger partial charge in [0, 0.05) is 11.1 Å². The predicted molar refractivity (Wildman–Crippen MR) is 46.5 cm³/mol. The van der Waals surface area contributed by atoms with E-state index in [0.717, 1.165) is 6.42 Å². The van der Waals surface area contributed by atoms with Crippen LogP contribution in [0.4, 0.5) is 0 Å². The van der Waals surface area contributed by atoms with Gasteiger partial charge in [0.2, 0.25) is 0 Å². The molecule has 0 N–H and O–H groups in total. The van der Waals surface area contributed by atoms with Gasteiger partial charge >= 0.3 is 0 Å². The van der Waals surface area contributed by atoms with Crippen LogP contribution in [0.1, 0.15) is 23.6 Å². The average Bonchev–Trinajstić information content (AvgIpc) is 1.85. The standard InChI is InChI=1S/C10H16N/c1-5-10-8(2)6-11(4)7-9(10)3/h6-7H,5H2,1-4H3/q+1. The topological polar surface area (TPSA) is 3.88 Å². The second-order valence-electron chi connectivity index (χ2n) is 3.12. The molecule has 0 amide bonds. The summed E-state index contributed by atoms with van der Waals surface area (Å²) in [6.45, 7) is 6.55. The summed E-state index contributed by atoms with van der Waals surface area (Å²) in [6.07, 6.45) is 5.48. The molecule has 0 aliphatic heterocycles. The molecule has 1 aromatic rings. The van der Waals surface area contributed by atoms with Crippen molar-refractivity contribution in [3.63, 3.8) is 0 Å². The second-order valence-corrected chi connectivity index (χ2v) is 3.12. The summed E-state index contributed by atoms with van der Waals surface area (Å²) < 4.78 is 2.11. The molecule has 0 aliphatic carbocycles. The highest BCUT2D eigenvalue weighted by Gasteiger charge is 2.04. The summed E-state index contributed by atoms with van der Waals surface area (Å²) in [7, 11) is 2.07. The highest BCUT2D eigenvalue weighted by molar-refractivity contribution is 5.27. The second kappa shape index (κ2) is 3.04. The minimum absolute atomic E-state index is 1.14. The molecule has 0 fully saturated rings. The van der Waals surface area contributed by atoms with Crippen molar-refractivity contribution in [1.82, 2.24) is 0 Å². The van der Waals surface area contributed by atoms with Crippen LogP contribution in [0.2, 0.25) is 0 Å². The molecule has 1 heteroatoms. The Morgan fingerprint density at radius 1 is 1.18 bits per heavy atom. The van der Waals surface area contributed by atoms with E-state index >= 15 is 0 Å². The van der Waals surface area contributed by atoms with Gasteiger partial charge in [-0.3, -0.25) is 0 Å². The van der Waals surface area contributed by atoms with Crippen molar-refractivity contribution in [1.29, 1.82) is 0 Å². The van der Waals surface area contributed by atoms with E-state index in [0.29, 0.717) is 0 Å². The maximum absolute atomic E-state index is 2.20. The maximum Gasteiger partial charge on any atom is 0.171 e. The fraction of sp³-hybridized carbons (Fsp3) is 0.500. The van der Waals surface area contributed by atoms with Gasteiger partial charge in [-0.15, -0.1) is 0 Å². The number of aryl methyl sites for hydroxylation is 3. The van der Waals surface area contributed by atoms with Gasteiger partial charge in [-0.25, -0.2) is 4.57 Å². The largest absolute Gasteiger partial charge is 0.207 e. The average molecular weight is 150 g/mol. The first-order chi connectivity index (χ1) is 5.15. The number of hydrogen-bond donors (Lipinski definition) is 0. The van der Waals surface area contributed by atoms with E-state index in [4.69, 9.17) is 0 Å². The monoisotopic (exact) mass is 150 g/mol. The lowest BCUT2D eigenvalue weighted by Gasteiger charge is -2.03. The lowest BCUT2D eigenvalue weighted by molar-refractivity contribution is -0.672. The van der Waals surface area contributed by atoms with E-state index < -0.39 is 0 Å². The first-order valence-electron chi connectivity index (χ1n) is 4.10. The van der Waals surface area contributed by atoms with Crippen LogP contribution in [0.5, 0.6) is 0 Å². The van der Waals surface area contributed by atoms with Gasteiger partial charge in [0.05, 0.1) is 0 Å². The number of pyridine rings is 1. The smallest absolute Gasteiger partial charge is 0.171 e. The van der Waals surface area contributed by atoms with Crippen LogP contribution in [0, 0.1) is 13.8 Å². The third-order valence-corrected chi connectivity index (χ3v) is 2.10. The zero-order valence-corrected chi connectivity index (χ0v) is 7.81. The number of nitrogens with zero attached hydrogens (tertiary/aromatic N) is 1. The summed E-state index contributed by atoms with van der Waals surface area (Å²) in [5.74, 6) is 0. The minimum atomic E-state index is 1.14. The van der Waals surface area contributed by atoms with Gasteiger partial charge in [-0.05, 0) is 25.8 Å². The normalized spacial score (nSPS) is 10.2. The Balaban J connectivity index is 3.25. The molecule has 60 valence electrons. The molecule has 0 atom stereocenters. The Bertz CT molecular complexity index is 241. The summed E-state index contributed by atoms with van der Waals surface area (Å²) in [6, 6.07) is 0. The Hall–Kier alpha value is -0.850. The number of rotatable bonds is 1. The van der Waals surface area contributed by atoms with Crippen molar-refractivity contribution < 1.29 is 4.57 Å². The molecule has 0 radical (unpaired) electrons. The summed E-state index contributed by atoms with van der Waals surface area (Å²) in [4.78, 5) is 0. The lowest BCUT2D eigenvalue weighted by atomic mass is 10.0. The van der Waals surface area contributed by atoms with E-state index in [9.17, 15) is 0 Å². The van der Waals surface area contributed by atoms with Gasteiger partial charge in [0.25, 0.3) is 0 Å². The van der Waals surface area contributed by atoms with Crippen LogP contribution in [0.3, 0.4) is 0 Å². The number of aromatic nitrogens is 1. The quantitative estimate of drug-likeness (QED) is 0.536. The highest BCUT2D eigenvalue weighted by Crippen LogP contribution is 2.10. The molecule has 0 aromatic carbocycles. The van der Waals surface area contributed by atoms with Crippen molar-refractivity contribution >= 4 is 0 Å². The zero-order chi connectivity index (χ0) is 8.43. The molecule has 0 saturated carbocycles. The lowest BCUT2D eigenvalue weighted by Crippen LogP contribution is -2.28. The van der Waals surface area contributed by atoms with Crippen molar-refractivity contribution in [3.05, 3.63) is 29.1 Å². The predicted octanol–water partition coefficient (Wildman–Crippen LogP) is 1.69. The number of hydrogen-bond acceptors (Lipinski definition) is 0. The molecule has 0 spiro atoms. The molecule has 0 bridgehead atoms. The third kappa shape index (κ3) is 1.59. The van der Waals surface area contributed by atoms with Crippen molar-refractivity contribution in [2.24, 2.45) is 7.05 Å². The van der Waals surface area contributed by atoms with Crippen LogP contribution in [0.25, 0.3) is 0 Å². The van der Waals surface area contributed by atoms with E-state index in [1.807, 2.05) is 0 Å². The fourth-order valence-corrected chi connectivity index (χ4v) is 1.67. The zero-order valence-electron chi connectivity index (χ0n) is 7.81. The Kier molecular flexibility index (Phi) is 2.28. The first kappa shape index (κ1) is 8.25. The van der Waals surface area contributed by atoms with Gasteiger partial charge in [-0.1, -0.05) is 6.92 Å². The van der Waals surface area contributed by atoms with Gasteiger partial charge in [-0.2, -0.15) is 0 Å². The highest BCUT2D eigenvalue weighted by atomic mass is 14.9. The Morgan fingerprint density at radius 2 is 1.64 bits per heavy atom.